The summed E-state index contributed by atoms with van der Waals surface area (Å²) in [6.45, 7) is 3.68. The Bertz CT molecular complexity index is 1510. The van der Waals surface area contributed by atoms with Crippen LogP contribution in [0.2, 0.25) is 0 Å². The van der Waals surface area contributed by atoms with Gasteiger partial charge in [0.15, 0.2) is 0 Å². The lowest BCUT2D eigenvalue weighted by atomic mass is 9.93. The lowest BCUT2D eigenvalue weighted by molar-refractivity contribution is -0.143. The van der Waals surface area contributed by atoms with Crippen LogP contribution in [-0.2, 0) is 23.5 Å². The van der Waals surface area contributed by atoms with E-state index in [-0.39, 0.29) is 53.5 Å². The van der Waals surface area contributed by atoms with Crippen LogP contribution in [0.5, 0.6) is 5.88 Å². The molecule has 0 spiro atoms. The number of alkyl halides is 6. The molecular formula is C29H29F6N5O4. The van der Waals surface area contributed by atoms with Crippen molar-refractivity contribution in [1.29, 1.82) is 0 Å². The summed E-state index contributed by atoms with van der Waals surface area (Å²) >= 11 is 0. The highest BCUT2D eigenvalue weighted by atomic mass is 19.4. The van der Waals surface area contributed by atoms with Crippen LogP contribution in [0, 0.1) is 0 Å². The van der Waals surface area contributed by atoms with Crippen molar-refractivity contribution >= 4 is 23.5 Å². The van der Waals surface area contributed by atoms with E-state index in [0.29, 0.717) is 29.9 Å². The van der Waals surface area contributed by atoms with Crippen LogP contribution in [0.15, 0.2) is 42.6 Å². The Hall–Kier alpha value is -4.56. The second kappa shape index (κ2) is 12.6. The first kappa shape index (κ1) is 32.4. The van der Waals surface area contributed by atoms with Gasteiger partial charge in [0.1, 0.15) is 5.82 Å². The van der Waals surface area contributed by atoms with Crippen LogP contribution in [0.4, 0.5) is 42.6 Å². The molecule has 0 aliphatic carbocycles. The highest BCUT2D eigenvalue weighted by Crippen LogP contribution is 2.41. The van der Waals surface area contributed by atoms with Crippen molar-refractivity contribution in [3.05, 3.63) is 76.1 Å². The summed E-state index contributed by atoms with van der Waals surface area (Å²) < 4.78 is 91.7. The minimum absolute atomic E-state index is 0.0406. The van der Waals surface area contributed by atoms with Gasteiger partial charge in [-0.15, -0.1) is 0 Å². The SMILES string of the molecule is CCOC(=O)N1c2ccc(OC)nc2[C@@H](Nc2ncc(C(N)=O)cc2Cc2cc(C(F)(F)F)cc(C(F)(F)F)c2)C[C@H]1CC. The molecule has 1 aliphatic heterocycles. The van der Waals surface area contributed by atoms with E-state index in [2.05, 4.69) is 15.3 Å². The van der Waals surface area contributed by atoms with Crippen LogP contribution in [0.1, 0.15) is 71.0 Å². The number of primary amides is 1. The topological polar surface area (TPSA) is 120 Å². The number of amides is 2. The number of pyridine rings is 2. The van der Waals surface area contributed by atoms with Gasteiger partial charge in [-0.1, -0.05) is 6.92 Å². The molecule has 1 aliphatic rings. The number of hydrogen-bond acceptors (Lipinski definition) is 7. The molecule has 3 heterocycles. The number of benzene rings is 1. The fraction of sp³-hybridized carbons (Fsp3) is 0.379. The van der Waals surface area contributed by atoms with Gasteiger partial charge in [0.2, 0.25) is 11.8 Å². The first-order valence-corrected chi connectivity index (χ1v) is 13.5. The van der Waals surface area contributed by atoms with Crippen molar-refractivity contribution in [1.82, 2.24) is 9.97 Å². The van der Waals surface area contributed by atoms with Crippen LogP contribution < -0.4 is 20.7 Å². The lowest BCUT2D eigenvalue weighted by Gasteiger charge is -2.39. The van der Waals surface area contributed by atoms with Crippen molar-refractivity contribution in [3.63, 3.8) is 0 Å². The fourth-order valence-electron chi connectivity index (χ4n) is 5.04. The Morgan fingerprint density at radius 1 is 1.05 bits per heavy atom. The van der Waals surface area contributed by atoms with Crippen molar-refractivity contribution in [3.8, 4) is 5.88 Å². The number of hydrogen-bond donors (Lipinski definition) is 2. The van der Waals surface area contributed by atoms with Gasteiger partial charge >= 0.3 is 18.4 Å². The van der Waals surface area contributed by atoms with Crippen molar-refractivity contribution in [2.75, 3.05) is 23.9 Å². The Morgan fingerprint density at radius 3 is 2.25 bits per heavy atom. The average Bonchev–Trinajstić information content (AvgIpc) is 2.96. The Balaban J connectivity index is 1.81. The molecule has 0 radical (unpaired) electrons. The largest absolute Gasteiger partial charge is 0.481 e. The maximum atomic E-state index is 13.5. The maximum Gasteiger partial charge on any atom is 0.416 e. The standard InChI is InChI=1S/C29H29F6N5O4/c1-4-20-13-21(24-22(6-7-23(39-24)43-3)40(20)27(42)44-5-2)38-26-16(11-17(14-37-26)25(36)41)8-15-9-18(28(30,31)32)12-19(10-15)29(33,34)35/h6-7,9-12,14,20-21H,4-5,8,13H2,1-3H3,(H2,36,41)(H,37,38)/t20-,21+/m1/s1. The second-order valence-electron chi connectivity index (χ2n) is 10.0. The summed E-state index contributed by atoms with van der Waals surface area (Å²) in [5.74, 6) is -0.591. The number of methoxy groups -OCH3 is 1. The number of ether oxygens (including phenoxy) is 2. The summed E-state index contributed by atoms with van der Waals surface area (Å²) in [6.07, 6.45) is -9.19. The molecule has 44 heavy (non-hydrogen) atoms. The van der Waals surface area contributed by atoms with Crippen LogP contribution >= 0.6 is 0 Å². The minimum Gasteiger partial charge on any atom is -0.481 e. The number of carbonyl (C=O) groups is 2. The number of carbonyl (C=O) groups excluding carboxylic acids is 2. The Labute approximate surface area is 248 Å². The van der Waals surface area contributed by atoms with Crippen LogP contribution in [0.25, 0.3) is 0 Å². The van der Waals surface area contributed by atoms with Crippen LogP contribution in [-0.4, -0.2) is 41.7 Å². The minimum atomic E-state index is -5.04. The van der Waals surface area contributed by atoms with Crippen molar-refractivity contribution in [2.24, 2.45) is 5.73 Å². The van der Waals surface area contributed by atoms with Gasteiger partial charge in [-0.2, -0.15) is 26.3 Å². The molecule has 0 saturated heterocycles. The Morgan fingerprint density at radius 2 is 1.70 bits per heavy atom. The van der Waals surface area contributed by atoms with Gasteiger partial charge in [-0.25, -0.2) is 14.8 Å². The summed E-state index contributed by atoms with van der Waals surface area (Å²) in [6, 6.07) is 4.71. The molecule has 236 valence electrons. The number of anilines is 2. The molecule has 2 atom stereocenters. The van der Waals surface area contributed by atoms with Gasteiger partial charge in [-0.3, -0.25) is 9.69 Å². The van der Waals surface area contributed by atoms with Crippen molar-refractivity contribution < 1.29 is 45.4 Å². The molecule has 0 fully saturated rings. The monoisotopic (exact) mass is 625 g/mol. The second-order valence-corrected chi connectivity index (χ2v) is 10.0. The first-order valence-electron chi connectivity index (χ1n) is 13.5. The smallest absolute Gasteiger partial charge is 0.416 e. The molecule has 3 N–H and O–H groups in total. The molecular weight excluding hydrogens is 596 g/mol. The fourth-order valence-corrected chi connectivity index (χ4v) is 5.04. The normalized spacial score (nSPS) is 16.7. The summed E-state index contributed by atoms with van der Waals surface area (Å²) in [5.41, 5.74) is 2.93. The molecule has 0 saturated carbocycles. The third-order valence-corrected chi connectivity index (χ3v) is 7.09. The van der Waals surface area contributed by atoms with E-state index in [1.807, 2.05) is 6.92 Å². The molecule has 1 aromatic carbocycles. The van der Waals surface area contributed by atoms with E-state index >= 15 is 0 Å². The molecule has 2 amide bonds. The van der Waals surface area contributed by atoms with E-state index < -0.39 is 47.9 Å². The Kier molecular flexibility index (Phi) is 9.25. The molecule has 0 bridgehead atoms. The molecule has 2 aromatic heterocycles. The number of nitrogens with zero attached hydrogens (tertiary/aromatic N) is 3. The van der Waals surface area contributed by atoms with E-state index in [0.717, 1.165) is 6.20 Å². The highest BCUT2D eigenvalue weighted by Gasteiger charge is 2.39. The zero-order chi connectivity index (χ0) is 32.4. The van der Waals surface area contributed by atoms with Crippen molar-refractivity contribution in [2.45, 2.75) is 57.5 Å². The van der Waals surface area contributed by atoms with E-state index in [9.17, 15) is 35.9 Å². The molecule has 3 aromatic rings. The number of rotatable bonds is 8. The average molecular weight is 626 g/mol. The van der Waals surface area contributed by atoms with Gasteiger partial charge in [0.25, 0.3) is 0 Å². The van der Waals surface area contributed by atoms with Gasteiger partial charge in [-0.05, 0) is 61.2 Å². The highest BCUT2D eigenvalue weighted by molar-refractivity contribution is 5.93. The lowest BCUT2D eigenvalue weighted by Crippen LogP contribution is -2.46. The molecule has 0 unspecified atom stereocenters. The molecule has 4 rings (SSSR count). The summed E-state index contributed by atoms with van der Waals surface area (Å²) in [7, 11) is 1.41. The predicted molar refractivity (Wildman–Crippen MR) is 147 cm³/mol. The van der Waals surface area contributed by atoms with E-state index in [1.54, 1.807) is 19.1 Å². The van der Waals surface area contributed by atoms with Gasteiger partial charge in [0, 0.05) is 24.7 Å². The first-order chi connectivity index (χ1) is 20.7. The summed E-state index contributed by atoms with van der Waals surface area (Å²) in [4.78, 5) is 35.1. The summed E-state index contributed by atoms with van der Waals surface area (Å²) in [5, 5.41) is 3.18. The zero-order valence-corrected chi connectivity index (χ0v) is 23.8. The number of aromatic nitrogens is 2. The van der Waals surface area contributed by atoms with Crippen LogP contribution in [0.3, 0.4) is 0 Å². The number of fused-ring (bicyclic) bond motifs is 1. The quantitative estimate of drug-likeness (QED) is 0.274. The third kappa shape index (κ3) is 6.97. The predicted octanol–water partition coefficient (Wildman–Crippen LogP) is 6.51. The zero-order valence-electron chi connectivity index (χ0n) is 23.8. The third-order valence-electron chi connectivity index (χ3n) is 7.09. The van der Waals surface area contributed by atoms with E-state index in [4.69, 9.17) is 15.2 Å². The van der Waals surface area contributed by atoms with Gasteiger partial charge in [0.05, 0.1) is 47.8 Å². The molecule has 15 heteroatoms. The number of halogens is 6. The number of nitrogens with two attached hydrogens (primary N) is 1. The van der Waals surface area contributed by atoms with Gasteiger partial charge < -0.3 is 20.5 Å². The molecule has 9 nitrogen and oxygen atoms in total. The number of nitrogens with one attached hydrogen (secondary N) is 1. The van der Waals surface area contributed by atoms with E-state index in [1.165, 1.54) is 18.1 Å². The maximum absolute atomic E-state index is 13.5.